The van der Waals surface area contributed by atoms with Gasteiger partial charge >= 0.3 is 0 Å². The van der Waals surface area contributed by atoms with E-state index in [0.717, 1.165) is 24.2 Å². The molecule has 1 amide bonds. The highest BCUT2D eigenvalue weighted by Gasteiger charge is 2.13. The molecule has 0 atom stereocenters. The van der Waals surface area contributed by atoms with Crippen molar-refractivity contribution in [2.75, 3.05) is 0 Å². The number of benzene rings is 1. The van der Waals surface area contributed by atoms with Crippen molar-refractivity contribution in [2.24, 2.45) is 7.05 Å². The van der Waals surface area contributed by atoms with E-state index >= 15 is 0 Å². The molecule has 0 fully saturated rings. The van der Waals surface area contributed by atoms with Gasteiger partial charge < -0.3 is 9.88 Å². The lowest BCUT2D eigenvalue weighted by atomic mass is 9.90. The Hall–Kier alpha value is -2.10. The van der Waals surface area contributed by atoms with Gasteiger partial charge in [-0.2, -0.15) is 0 Å². The third-order valence-electron chi connectivity index (χ3n) is 3.94. The third-order valence-corrected chi connectivity index (χ3v) is 3.94. The zero-order valence-electron chi connectivity index (χ0n) is 11.7. The molecule has 0 saturated heterocycles. The second-order valence-corrected chi connectivity index (χ2v) is 5.33. The largest absolute Gasteiger partial charge is 0.345 e. The maximum Gasteiger partial charge on any atom is 0.251 e. The Bertz CT molecular complexity index is 630. The molecule has 104 valence electrons. The van der Waals surface area contributed by atoms with Crippen molar-refractivity contribution in [3.63, 3.8) is 0 Å². The minimum atomic E-state index is -0.0265. The molecule has 1 heterocycles. The Morgan fingerprint density at radius 3 is 2.85 bits per heavy atom. The molecule has 1 aromatic carbocycles. The van der Waals surface area contributed by atoms with E-state index in [2.05, 4.69) is 16.4 Å². The van der Waals surface area contributed by atoms with Crippen LogP contribution in [0.1, 0.15) is 40.2 Å². The van der Waals surface area contributed by atoms with Crippen LogP contribution in [-0.4, -0.2) is 15.5 Å². The number of amides is 1. The van der Waals surface area contributed by atoms with Gasteiger partial charge in [-0.15, -0.1) is 0 Å². The summed E-state index contributed by atoms with van der Waals surface area (Å²) < 4.78 is 1.91. The second-order valence-electron chi connectivity index (χ2n) is 5.33. The van der Waals surface area contributed by atoms with Crippen molar-refractivity contribution in [3.05, 3.63) is 53.1 Å². The first kappa shape index (κ1) is 12.9. The molecule has 2 aromatic rings. The first-order valence-electron chi connectivity index (χ1n) is 7.10. The summed E-state index contributed by atoms with van der Waals surface area (Å²) >= 11 is 0. The first-order chi connectivity index (χ1) is 9.74. The van der Waals surface area contributed by atoms with E-state index in [1.807, 2.05) is 29.9 Å². The van der Waals surface area contributed by atoms with Crippen LogP contribution in [0.25, 0.3) is 0 Å². The minimum Gasteiger partial charge on any atom is -0.345 e. The molecule has 4 heteroatoms. The molecule has 1 aromatic heterocycles. The zero-order chi connectivity index (χ0) is 13.9. The molecule has 0 spiro atoms. The maximum absolute atomic E-state index is 12.2. The number of carbonyl (C=O) groups excluding carboxylic acids is 1. The topological polar surface area (TPSA) is 46.9 Å². The number of hydrogen-bond acceptors (Lipinski definition) is 2. The quantitative estimate of drug-likeness (QED) is 0.928. The predicted octanol–water partition coefficient (Wildman–Crippen LogP) is 2.23. The van der Waals surface area contributed by atoms with Gasteiger partial charge in [0.25, 0.3) is 5.91 Å². The summed E-state index contributed by atoms with van der Waals surface area (Å²) in [5.74, 6) is 0.831. The van der Waals surface area contributed by atoms with Crippen LogP contribution >= 0.6 is 0 Å². The van der Waals surface area contributed by atoms with Gasteiger partial charge in [0, 0.05) is 25.0 Å². The normalized spacial score (nSPS) is 13.8. The fourth-order valence-electron chi connectivity index (χ4n) is 2.70. The number of aromatic nitrogens is 2. The molecule has 0 unspecified atom stereocenters. The standard InChI is InChI=1S/C16H19N3O/c1-19-9-8-17-15(19)11-18-16(20)14-7-6-12-4-2-3-5-13(12)10-14/h6-10H,2-5,11H2,1H3,(H,18,20). The van der Waals surface area contributed by atoms with Crippen molar-refractivity contribution < 1.29 is 4.79 Å². The SMILES string of the molecule is Cn1ccnc1CNC(=O)c1ccc2c(c1)CCCC2. The van der Waals surface area contributed by atoms with E-state index in [1.54, 1.807) is 6.20 Å². The Morgan fingerprint density at radius 2 is 2.10 bits per heavy atom. The molecule has 1 aliphatic rings. The second kappa shape index (κ2) is 5.49. The monoisotopic (exact) mass is 269 g/mol. The van der Waals surface area contributed by atoms with Crippen LogP contribution in [0.5, 0.6) is 0 Å². The highest BCUT2D eigenvalue weighted by atomic mass is 16.1. The molecule has 1 N–H and O–H groups in total. The number of rotatable bonds is 3. The molecule has 0 bridgehead atoms. The van der Waals surface area contributed by atoms with E-state index in [4.69, 9.17) is 0 Å². The number of hydrogen-bond donors (Lipinski definition) is 1. The molecule has 0 saturated carbocycles. The Labute approximate surface area is 118 Å². The van der Waals surface area contributed by atoms with E-state index < -0.39 is 0 Å². The van der Waals surface area contributed by atoms with Crippen molar-refractivity contribution >= 4 is 5.91 Å². The van der Waals surface area contributed by atoms with Crippen LogP contribution in [0.4, 0.5) is 0 Å². The lowest BCUT2D eigenvalue weighted by Crippen LogP contribution is -2.24. The fraction of sp³-hybridized carbons (Fsp3) is 0.375. The van der Waals surface area contributed by atoms with Crippen LogP contribution in [0.3, 0.4) is 0 Å². The summed E-state index contributed by atoms with van der Waals surface area (Å²) in [6, 6.07) is 6.07. The molecule has 0 radical (unpaired) electrons. The summed E-state index contributed by atoms with van der Waals surface area (Å²) in [6.45, 7) is 0.458. The van der Waals surface area contributed by atoms with Gasteiger partial charge in [0.1, 0.15) is 5.82 Å². The van der Waals surface area contributed by atoms with Crippen LogP contribution < -0.4 is 5.32 Å². The van der Waals surface area contributed by atoms with Crippen LogP contribution in [-0.2, 0) is 26.4 Å². The summed E-state index contributed by atoms with van der Waals surface area (Å²) in [5, 5.41) is 2.93. The average molecular weight is 269 g/mol. The summed E-state index contributed by atoms with van der Waals surface area (Å²) in [5.41, 5.74) is 3.48. The number of aryl methyl sites for hydroxylation is 3. The molecular weight excluding hydrogens is 250 g/mol. The number of nitrogens with zero attached hydrogens (tertiary/aromatic N) is 2. The van der Waals surface area contributed by atoms with Crippen molar-refractivity contribution in [1.29, 1.82) is 0 Å². The van der Waals surface area contributed by atoms with Gasteiger partial charge in [-0.05, 0) is 48.9 Å². The van der Waals surface area contributed by atoms with Gasteiger partial charge in [0.15, 0.2) is 0 Å². The first-order valence-corrected chi connectivity index (χ1v) is 7.10. The summed E-state index contributed by atoms with van der Waals surface area (Å²) in [4.78, 5) is 16.4. The van der Waals surface area contributed by atoms with Gasteiger partial charge in [-0.25, -0.2) is 4.98 Å². The lowest BCUT2D eigenvalue weighted by Gasteiger charge is -2.16. The molecular formula is C16H19N3O. The van der Waals surface area contributed by atoms with Crippen LogP contribution in [0, 0.1) is 0 Å². The fourth-order valence-corrected chi connectivity index (χ4v) is 2.70. The Morgan fingerprint density at radius 1 is 1.30 bits per heavy atom. The van der Waals surface area contributed by atoms with Gasteiger partial charge in [0.05, 0.1) is 6.54 Å². The molecule has 3 rings (SSSR count). The van der Waals surface area contributed by atoms with E-state index in [9.17, 15) is 4.79 Å². The van der Waals surface area contributed by atoms with Crippen molar-refractivity contribution in [3.8, 4) is 0 Å². The van der Waals surface area contributed by atoms with E-state index in [0.29, 0.717) is 6.54 Å². The number of nitrogens with one attached hydrogen (secondary N) is 1. The smallest absolute Gasteiger partial charge is 0.251 e. The molecule has 1 aliphatic carbocycles. The van der Waals surface area contributed by atoms with Crippen LogP contribution in [0.15, 0.2) is 30.6 Å². The predicted molar refractivity (Wildman–Crippen MR) is 77.5 cm³/mol. The Balaban J connectivity index is 1.69. The number of carbonyl (C=O) groups is 1. The Kier molecular flexibility index (Phi) is 3.54. The van der Waals surface area contributed by atoms with Crippen LogP contribution in [0.2, 0.25) is 0 Å². The highest BCUT2D eigenvalue weighted by Crippen LogP contribution is 2.22. The van der Waals surface area contributed by atoms with Crippen molar-refractivity contribution in [1.82, 2.24) is 14.9 Å². The van der Waals surface area contributed by atoms with Gasteiger partial charge in [-0.3, -0.25) is 4.79 Å². The van der Waals surface area contributed by atoms with E-state index in [1.165, 1.54) is 24.0 Å². The van der Waals surface area contributed by atoms with Crippen molar-refractivity contribution in [2.45, 2.75) is 32.2 Å². The zero-order valence-corrected chi connectivity index (χ0v) is 11.7. The minimum absolute atomic E-state index is 0.0265. The van der Waals surface area contributed by atoms with Gasteiger partial charge in [0.2, 0.25) is 0 Å². The molecule has 4 nitrogen and oxygen atoms in total. The number of fused-ring (bicyclic) bond motifs is 1. The highest BCUT2D eigenvalue weighted by molar-refractivity contribution is 5.94. The number of imidazole rings is 1. The third kappa shape index (κ3) is 2.59. The van der Waals surface area contributed by atoms with Gasteiger partial charge in [-0.1, -0.05) is 6.07 Å². The molecule has 20 heavy (non-hydrogen) atoms. The summed E-state index contributed by atoms with van der Waals surface area (Å²) in [7, 11) is 1.92. The van der Waals surface area contributed by atoms with E-state index in [-0.39, 0.29) is 5.91 Å². The summed E-state index contributed by atoms with van der Waals surface area (Å²) in [6.07, 6.45) is 8.34. The average Bonchev–Trinajstić information content (AvgIpc) is 2.89. The maximum atomic E-state index is 12.2. The molecule has 0 aliphatic heterocycles. The lowest BCUT2D eigenvalue weighted by molar-refractivity contribution is 0.0949.